The number of aryl methyl sites for hydroxylation is 3. The molecule has 0 unspecified atom stereocenters. The molecule has 3 aromatic rings. The molecule has 0 bridgehead atoms. The van der Waals surface area contributed by atoms with Gasteiger partial charge in [0.2, 0.25) is 0 Å². The van der Waals surface area contributed by atoms with Gasteiger partial charge in [0.15, 0.2) is 5.58 Å². The molecule has 0 atom stereocenters. The van der Waals surface area contributed by atoms with Crippen LogP contribution in [0.5, 0.6) is 5.75 Å². The highest BCUT2D eigenvalue weighted by Crippen LogP contribution is 2.42. The van der Waals surface area contributed by atoms with E-state index in [2.05, 4.69) is 12.1 Å². The minimum Gasteiger partial charge on any atom is -0.508 e. The van der Waals surface area contributed by atoms with Crippen LogP contribution in [0.4, 0.5) is 0 Å². The number of hydrogen-bond acceptors (Lipinski definition) is 3. The van der Waals surface area contributed by atoms with Crippen molar-refractivity contribution in [2.24, 2.45) is 0 Å². The van der Waals surface area contributed by atoms with Gasteiger partial charge in [-0.3, -0.25) is 0 Å². The fraction of sp³-hybridized carbons (Fsp3) is 0.167. The number of phenols is 1. The Kier molecular flexibility index (Phi) is 2.37. The van der Waals surface area contributed by atoms with E-state index < -0.39 is 0 Å². The van der Waals surface area contributed by atoms with E-state index in [-0.39, 0.29) is 5.75 Å². The molecule has 102 valence electrons. The summed E-state index contributed by atoms with van der Waals surface area (Å²) in [4.78, 5) is 0. The normalized spacial score (nSPS) is 12.8. The van der Waals surface area contributed by atoms with Crippen LogP contribution in [0.3, 0.4) is 0 Å². The summed E-state index contributed by atoms with van der Waals surface area (Å²) < 4.78 is 6.03. The van der Waals surface area contributed by atoms with Gasteiger partial charge in [-0.05, 0) is 61.2 Å². The van der Waals surface area contributed by atoms with Crippen LogP contribution in [-0.4, -0.2) is 5.11 Å². The van der Waals surface area contributed by atoms with Gasteiger partial charge in [-0.15, -0.1) is 0 Å². The molecule has 3 nitrogen and oxygen atoms in total. The van der Waals surface area contributed by atoms with Crippen molar-refractivity contribution in [1.82, 2.24) is 0 Å². The molecule has 1 heterocycles. The summed E-state index contributed by atoms with van der Waals surface area (Å²) in [5, 5.41) is 20.0. The maximum atomic E-state index is 9.62. The number of nitriles is 1. The van der Waals surface area contributed by atoms with Crippen molar-refractivity contribution in [3.05, 3.63) is 52.6 Å². The van der Waals surface area contributed by atoms with Crippen LogP contribution in [0.25, 0.3) is 22.3 Å². The second kappa shape index (κ2) is 4.13. The average Bonchev–Trinajstić information content (AvgIpc) is 2.84. The van der Waals surface area contributed by atoms with Crippen LogP contribution >= 0.6 is 0 Å². The maximum Gasteiger partial charge on any atom is 0.152 e. The quantitative estimate of drug-likeness (QED) is 0.672. The Morgan fingerprint density at radius 2 is 2.05 bits per heavy atom. The zero-order valence-electron chi connectivity index (χ0n) is 11.6. The van der Waals surface area contributed by atoms with Gasteiger partial charge in [-0.2, -0.15) is 5.26 Å². The van der Waals surface area contributed by atoms with Gasteiger partial charge in [0.25, 0.3) is 0 Å². The Morgan fingerprint density at radius 3 is 2.86 bits per heavy atom. The molecule has 0 aliphatic heterocycles. The molecule has 0 spiro atoms. The second-order valence-electron chi connectivity index (χ2n) is 5.55. The monoisotopic (exact) mass is 275 g/mol. The molecule has 2 aromatic carbocycles. The van der Waals surface area contributed by atoms with Gasteiger partial charge < -0.3 is 9.52 Å². The van der Waals surface area contributed by atoms with E-state index in [4.69, 9.17) is 4.42 Å². The Labute approximate surface area is 122 Å². The largest absolute Gasteiger partial charge is 0.508 e. The molecule has 0 saturated carbocycles. The summed E-state index contributed by atoms with van der Waals surface area (Å²) in [6.07, 6.45) is 1.74. The number of fused-ring (bicyclic) bond motifs is 5. The van der Waals surface area contributed by atoms with E-state index in [0.717, 1.165) is 40.7 Å². The fourth-order valence-corrected chi connectivity index (χ4v) is 3.21. The van der Waals surface area contributed by atoms with Crippen LogP contribution in [0.15, 0.2) is 34.7 Å². The van der Waals surface area contributed by atoms with Gasteiger partial charge >= 0.3 is 0 Å². The predicted octanol–water partition coefficient (Wildman–Crippen LogP) is 4.08. The number of phenolic OH excluding ortho intramolecular Hbond substituents is 1. The standard InChI is InChI=1S/C18H13NO2/c1-10-6-12(9-19)17-16(7-10)15-4-2-11-8-13(20)3-5-14(11)18(15)21-17/h3,5-8,20H,2,4H2,1H3. The third-order valence-corrected chi connectivity index (χ3v) is 4.13. The van der Waals surface area contributed by atoms with E-state index in [1.54, 1.807) is 12.1 Å². The van der Waals surface area contributed by atoms with Gasteiger partial charge in [-0.25, -0.2) is 0 Å². The number of aromatic hydroxyl groups is 1. The third-order valence-electron chi connectivity index (χ3n) is 4.13. The van der Waals surface area contributed by atoms with E-state index in [9.17, 15) is 10.4 Å². The summed E-state index contributed by atoms with van der Waals surface area (Å²) in [5.74, 6) is 1.12. The SMILES string of the molecule is Cc1cc(C#N)c2oc3c(c2c1)CCc1cc(O)ccc1-3. The van der Waals surface area contributed by atoms with Crippen LogP contribution in [0.1, 0.15) is 22.3 Å². The number of benzene rings is 2. The smallest absolute Gasteiger partial charge is 0.152 e. The molecule has 1 aliphatic carbocycles. The van der Waals surface area contributed by atoms with Crippen molar-refractivity contribution < 1.29 is 9.52 Å². The highest BCUT2D eigenvalue weighted by Gasteiger charge is 2.24. The van der Waals surface area contributed by atoms with Crippen molar-refractivity contribution in [3.8, 4) is 23.1 Å². The van der Waals surface area contributed by atoms with Crippen LogP contribution in [0, 0.1) is 18.3 Å². The van der Waals surface area contributed by atoms with Crippen LogP contribution < -0.4 is 0 Å². The number of nitrogens with zero attached hydrogens (tertiary/aromatic N) is 1. The molecule has 0 fully saturated rings. The first kappa shape index (κ1) is 12.0. The Hall–Kier alpha value is -2.73. The fourth-order valence-electron chi connectivity index (χ4n) is 3.21. The lowest BCUT2D eigenvalue weighted by atomic mass is 9.89. The molecule has 0 radical (unpaired) electrons. The van der Waals surface area contributed by atoms with Crippen LogP contribution in [-0.2, 0) is 12.8 Å². The van der Waals surface area contributed by atoms with Crippen LogP contribution in [0.2, 0.25) is 0 Å². The van der Waals surface area contributed by atoms with Gasteiger partial charge in [0, 0.05) is 16.5 Å². The molecular weight excluding hydrogens is 262 g/mol. The summed E-state index contributed by atoms with van der Waals surface area (Å²) in [7, 11) is 0. The molecule has 0 saturated heterocycles. The molecule has 1 aliphatic rings. The van der Waals surface area contributed by atoms with Crippen molar-refractivity contribution in [2.45, 2.75) is 19.8 Å². The first-order chi connectivity index (χ1) is 10.2. The van der Waals surface area contributed by atoms with E-state index >= 15 is 0 Å². The predicted molar refractivity (Wildman–Crippen MR) is 80.2 cm³/mol. The van der Waals surface area contributed by atoms with E-state index in [1.807, 2.05) is 19.1 Å². The van der Waals surface area contributed by atoms with Crippen molar-refractivity contribution in [3.63, 3.8) is 0 Å². The summed E-state index contributed by atoms with van der Waals surface area (Å²) in [6.45, 7) is 1.99. The molecule has 1 N–H and O–H groups in total. The highest BCUT2D eigenvalue weighted by atomic mass is 16.3. The van der Waals surface area contributed by atoms with Crippen molar-refractivity contribution in [1.29, 1.82) is 5.26 Å². The molecule has 3 heteroatoms. The summed E-state index contributed by atoms with van der Waals surface area (Å²) >= 11 is 0. The molecule has 0 amide bonds. The Balaban J connectivity index is 2.08. The summed E-state index contributed by atoms with van der Waals surface area (Å²) in [6, 6.07) is 11.5. The number of furan rings is 1. The molecule has 21 heavy (non-hydrogen) atoms. The lowest BCUT2D eigenvalue weighted by Gasteiger charge is -2.15. The Morgan fingerprint density at radius 1 is 1.19 bits per heavy atom. The van der Waals surface area contributed by atoms with Gasteiger partial charge in [0.05, 0.1) is 5.56 Å². The average molecular weight is 275 g/mol. The van der Waals surface area contributed by atoms with E-state index in [1.165, 1.54) is 5.56 Å². The first-order valence-corrected chi connectivity index (χ1v) is 6.96. The molecular formula is C18H13NO2. The lowest BCUT2D eigenvalue weighted by molar-refractivity contribution is 0.474. The van der Waals surface area contributed by atoms with E-state index in [0.29, 0.717) is 11.1 Å². The number of rotatable bonds is 0. The van der Waals surface area contributed by atoms with Gasteiger partial charge in [0.1, 0.15) is 17.6 Å². The maximum absolute atomic E-state index is 9.62. The summed E-state index contributed by atoms with van der Waals surface area (Å²) in [5.41, 5.74) is 5.61. The molecule has 1 aromatic heterocycles. The topological polar surface area (TPSA) is 57.2 Å². The minimum absolute atomic E-state index is 0.280. The first-order valence-electron chi connectivity index (χ1n) is 6.96. The number of hydrogen-bond donors (Lipinski definition) is 1. The van der Waals surface area contributed by atoms with Crippen molar-refractivity contribution >= 4 is 11.0 Å². The third kappa shape index (κ3) is 1.66. The Bertz CT molecular complexity index is 929. The van der Waals surface area contributed by atoms with Gasteiger partial charge in [-0.1, -0.05) is 0 Å². The zero-order chi connectivity index (χ0) is 14.6. The second-order valence-corrected chi connectivity index (χ2v) is 5.55. The van der Waals surface area contributed by atoms with Crippen molar-refractivity contribution in [2.75, 3.05) is 0 Å². The zero-order valence-corrected chi connectivity index (χ0v) is 11.6. The lowest BCUT2D eigenvalue weighted by Crippen LogP contribution is -2.01. The highest BCUT2D eigenvalue weighted by molar-refractivity contribution is 5.93. The minimum atomic E-state index is 0.280. The molecule has 4 rings (SSSR count).